The van der Waals surface area contributed by atoms with Crippen molar-refractivity contribution in [2.24, 2.45) is 5.73 Å². The second-order valence-corrected chi connectivity index (χ2v) is 7.28. The molecule has 0 saturated carbocycles. The van der Waals surface area contributed by atoms with Crippen LogP contribution in [0.4, 0.5) is 0 Å². The lowest BCUT2D eigenvalue weighted by Crippen LogP contribution is -2.11. The molecule has 0 saturated heterocycles. The van der Waals surface area contributed by atoms with E-state index in [0.29, 0.717) is 12.2 Å². The zero-order valence-corrected chi connectivity index (χ0v) is 14.6. The van der Waals surface area contributed by atoms with E-state index >= 15 is 0 Å². The normalized spacial score (nSPS) is 11.0. The molecular weight excluding hydrogens is 326 g/mol. The third-order valence-electron chi connectivity index (χ3n) is 3.46. The Morgan fingerprint density at radius 1 is 1.22 bits per heavy atom. The molecule has 118 valence electrons. The zero-order chi connectivity index (χ0) is 16.4. The van der Waals surface area contributed by atoms with Crippen LogP contribution in [0.1, 0.15) is 17.8 Å². The minimum atomic E-state index is -0.288. The fraction of sp³-hybridized carbons (Fsp3) is 0.235. The maximum absolute atomic E-state index is 11.0. The third-order valence-corrected chi connectivity index (χ3v) is 5.31. The number of hydrogen-bond donors (Lipinski definition) is 1. The number of rotatable bonds is 5. The number of thioether (sulfide) groups is 1. The van der Waals surface area contributed by atoms with Crippen molar-refractivity contribution in [3.05, 3.63) is 41.0 Å². The van der Waals surface area contributed by atoms with Crippen molar-refractivity contribution < 1.29 is 4.79 Å². The lowest BCUT2D eigenvalue weighted by atomic mass is 10.1. The Labute approximate surface area is 143 Å². The number of amides is 1. The summed E-state index contributed by atoms with van der Waals surface area (Å²) in [5.74, 6) is 1.09. The molecule has 0 atom stereocenters. The van der Waals surface area contributed by atoms with Crippen LogP contribution in [0.5, 0.6) is 0 Å². The molecule has 6 heteroatoms. The van der Waals surface area contributed by atoms with Gasteiger partial charge in [-0.1, -0.05) is 29.8 Å². The van der Waals surface area contributed by atoms with Crippen LogP contribution >= 0.6 is 23.1 Å². The molecule has 2 aromatic heterocycles. The molecule has 1 aromatic carbocycles. The van der Waals surface area contributed by atoms with Gasteiger partial charge >= 0.3 is 0 Å². The smallest absolute Gasteiger partial charge is 0.218 e. The van der Waals surface area contributed by atoms with Gasteiger partial charge in [0.15, 0.2) is 0 Å². The predicted molar refractivity (Wildman–Crippen MR) is 96.9 cm³/mol. The average Bonchev–Trinajstić information content (AvgIpc) is 2.91. The van der Waals surface area contributed by atoms with Crippen LogP contribution in [-0.4, -0.2) is 21.6 Å². The number of primary amides is 1. The highest BCUT2D eigenvalue weighted by atomic mass is 32.2. The number of nitrogens with two attached hydrogens (primary N) is 1. The van der Waals surface area contributed by atoms with Gasteiger partial charge < -0.3 is 5.73 Å². The number of hydrogen-bond acceptors (Lipinski definition) is 5. The number of carbonyl (C=O) groups is 1. The molecule has 2 heterocycles. The van der Waals surface area contributed by atoms with Gasteiger partial charge in [0.2, 0.25) is 5.91 Å². The SMILES string of the molecule is Cc1ccc(-c2csc3nc(C)nc(SCCC(N)=O)c23)cc1. The first kappa shape index (κ1) is 16.0. The molecule has 4 nitrogen and oxygen atoms in total. The van der Waals surface area contributed by atoms with Crippen LogP contribution in [-0.2, 0) is 4.79 Å². The molecule has 0 bridgehead atoms. The summed E-state index contributed by atoms with van der Waals surface area (Å²) in [6.45, 7) is 3.97. The number of aromatic nitrogens is 2. The number of fused-ring (bicyclic) bond motifs is 1. The van der Waals surface area contributed by atoms with Crippen molar-refractivity contribution in [1.82, 2.24) is 9.97 Å². The van der Waals surface area contributed by atoms with E-state index in [-0.39, 0.29) is 5.91 Å². The molecule has 0 unspecified atom stereocenters. The molecule has 3 rings (SSSR count). The van der Waals surface area contributed by atoms with Crippen molar-refractivity contribution in [1.29, 1.82) is 0 Å². The summed E-state index contributed by atoms with van der Waals surface area (Å²) in [5, 5.41) is 4.12. The van der Waals surface area contributed by atoms with Crippen LogP contribution in [0.25, 0.3) is 21.3 Å². The predicted octanol–water partition coefficient (Wildman–Crippen LogP) is 3.94. The topological polar surface area (TPSA) is 68.9 Å². The third kappa shape index (κ3) is 3.54. The molecule has 3 aromatic rings. The number of carbonyl (C=O) groups excluding carboxylic acids is 1. The quantitative estimate of drug-likeness (QED) is 0.563. The standard InChI is InChI=1S/C17H17N3OS2/c1-10-3-5-12(6-4-10)13-9-23-17-15(13)16(19-11(2)20-17)22-8-7-14(18)21/h3-6,9H,7-8H2,1-2H3,(H2,18,21). The number of aryl methyl sites for hydroxylation is 2. The Kier molecular flexibility index (Phi) is 4.63. The molecular formula is C17H17N3OS2. The van der Waals surface area contributed by atoms with Gasteiger partial charge in [0, 0.05) is 23.1 Å². The van der Waals surface area contributed by atoms with Crippen molar-refractivity contribution in [2.75, 3.05) is 5.75 Å². The van der Waals surface area contributed by atoms with E-state index in [2.05, 4.69) is 46.5 Å². The molecule has 23 heavy (non-hydrogen) atoms. The highest BCUT2D eigenvalue weighted by Crippen LogP contribution is 2.38. The van der Waals surface area contributed by atoms with E-state index in [9.17, 15) is 4.79 Å². The van der Waals surface area contributed by atoms with Gasteiger partial charge in [-0.25, -0.2) is 9.97 Å². The first-order valence-corrected chi connectivity index (χ1v) is 9.15. The summed E-state index contributed by atoms with van der Waals surface area (Å²) in [6.07, 6.45) is 0.346. The van der Waals surface area contributed by atoms with Crippen LogP contribution < -0.4 is 5.73 Å². The number of thiophene rings is 1. The second-order valence-electron chi connectivity index (χ2n) is 5.34. The van der Waals surface area contributed by atoms with Crippen LogP contribution in [0, 0.1) is 13.8 Å². The van der Waals surface area contributed by atoms with Gasteiger partial charge in [-0.3, -0.25) is 4.79 Å². The first-order valence-electron chi connectivity index (χ1n) is 7.28. The van der Waals surface area contributed by atoms with E-state index in [1.165, 1.54) is 5.56 Å². The summed E-state index contributed by atoms with van der Waals surface area (Å²) < 4.78 is 0. The van der Waals surface area contributed by atoms with Gasteiger partial charge in [-0.05, 0) is 19.4 Å². The largest absolute Gasteiger partial charge is 0.370 e. The Morgan fingerprint density at radius 3 is 2.65 bits per heavy atom. The van der Waals surface area contributed by atoms with Gasteiger partial charge in [0.1, 0.15) is 15.7 Å². The zero-order valence-electron chi connectivity index (χ0n) is 13.0. The molecule has 0 aliphatic heterocycles. The number of nitrogens with zero attached hydrogens (tertiary/aromatic N) is 2. The Morgan fingerprint density at radius 2 is 1.96 bits per heavy atom. The number of benzene rings is 1. The van der Waals surface area contributed by atoms with Crippen molar-refractivity contribution in [3.8, 4) is 11.1 Å². The molecule has 0 spiro atoms. The van der Waals surface area contributed by atoms with E-state index < -0.39 is 0 Å². The van der Waals surface area contributed by atoms with Crippen LogP contribution in [0.15, 0.2) is 34.7 Å². The lowest BCUT2D eigenvalue weighted by Gasteiger charge is -2.06. The molecule has 0 fully saturated rings. The fourth-order valence-corrected chi connectivity index (χ4v) is 4.41. The van der Waals surface area contributed by atoms with Gasteiger partial charge in [0.05, 0.1) is 5.39 Å². The second kappa shape index (κ2) is 6.68. The Hall–Kier alpha value is -1.92. The maximum Gasteiger partial charge on any atom is 0.218 e. The monoisotopic (exact) mass is 343 g/mol. The summed E-state index contributed by atoms with van der Waals surface area (Å²) in [7, 11) is 0. The van der Waals surface area contributed by atoms with Gasteiger partial charge in [-0.2, -0.15) is 0 Å². The Bertz CT molecular complexity index is 856. The lowest BCUT2D eigenvalue weighted by molar-refractivity contribution is -0.117. The van der Waals surface area contributed by atoms with Crippen LogP contribution in [0.3, 0.4) is 0 Å². The maximum atomic E-state index is 11.0. The minimum Gasteiger partial charge on any atom is -0.370 e. The van der Waals surface area contributed by atoms with Gasteiger partial charge in [-0.15, -0.1) is 23.1 Å². The van der Waals surface area contributed by atoms with Crippen molar-refractivity contribution in [2.45, 2.75) is 25.3 Å². The van der Waals surface area contributed by atoms with Gasteiger partial charge in [0.25, 0.3) is 0 Å². The Balaban J connectivity index is 2.05. The minimum absolute atomic E-state index is 0.288. The summed E-state index contributed by atoms with van der Waals surface area (Å²) >= 11 is 3.19. The van der Waals surface area contributed by atoms with E-state index in [1.807, 2.05) is 6.92 Å². The fourth-order valence-electron chi connectivity index (χ4n) is 2.31. The molecule has 0 aliphatic rings. The van der Waals surface area contributed by atoms with E-state index in [0.717, 1.165) is 32.2 Å². The van der Waals surface area contributed by atoms with E-state index in [4.69, 9.17) is 5.73 Å². The van der Waals surface area contributed by atoms with Crippen molar-refractivity contribution >= 4 is 39.2 Å². The summed E-state index contributed by atoms with van der Waals surface area (Å²) in [6, 6.07) is 8.45. The molecule has 1 amide bonds. The highest BCUT2D eigenvalue weighted by Gasteiger charge is 2.15. The molecule has 0 radical (unpaired) electrons. The summed E-state index contributed by atoms with van der Waals surface area (Å²) in [4.78, 5) is 21.1. The van der Waals surface area contributed by atoms with Crippen LogP contribution in [0.2, 0.25) is 0 Å². The molecule has 0 aliphatic carbocycles. The average molecular weight is 343 g/mol. The van der Waals surface area contributed by atoms with Crippen molar-refractivity contribution in [3.63, 3.8) is 0 Å². The highest BCUT2D eigenvalue weighted by molar-refractivity contribution is 7.99. The molecule has 2 N–H and O–H groups in total. The first-order chi connectivity index (χ1) is 11.0. The van der Waals surface area contributed by atoms with E-state index in [1.54, 1.807) is 23.1 Å². The summed E-state index contributed by atoms with van der Waals surface area (Å²) in [5.41, 5.74) is 8.77.